The smallest absolute Gasteiger partial charge is 0.267 e. The zero-order chi connectivity index (χ0) is 14.6. The Labute approximate surface area is 116 Å². The fourth-order valence-corrected chi connectivity index (χ4v) is 1.78. The SMILES string of the molecule is C[C@H](N=C(C(=O)N(C)C)C(C)(C)C)c1ccccc1. The molecule has 0 aliphatic rings. The van der Waals surface area contributed by atoms with Gasteiger partial charge in [-0.2, -0.15) is 0 Å². The Bertz CT molecular complexity index is 455. The number of hydrogen-bond acceptors (Lipinski definition) is 2. The summed E-state index contributed by atoms with van der Waals surface area (Å²) >= 11 is 0. The molecule has 19 heavy (non-hydrogen) atoms. The first-order valence-corrected chi connectivity index (χ1v) is 6.58. The molecule has 0 heterocycles. The van der Waals surface area contributed by atoms with Crippen molar-refractivity contribution < 1.29 is 4.79 Å². The van der Waals surface area contributed by atoms with Crippen LogP contribution in [0, 0.1) is 5.41 Å². The maximum absolute atomic E-state index is 12.3. The van der Waals surface area contributed by atoms with Crippen LogP contribution in [0.2, 0.25) is 0 Å². The number of hydrogen-bond donors (Lipinski definition) is 0. The fraction of sp³-hybridized carbons (Fsp3) is 0.500. The van der Waals surface area contributed by atoms with Crippen molar-refractivity contribution in [2.24, 2.45) is 10.4 Å². The monoisotopic (exact) mass is 260 g/mol. The summed E-state index contributed by atoms with van der Waals surface area (Å²) in [5.74, 6) is -0.0183. The van der Waals surface area contributed by atoms with E-state index in [0.717, 1.165) is 5.56 Å². The van der Waals surface area contributed by atoms with E-state index in [2.05, 4.69) is 4.99 Å². The molecule has 0 radical (unpaired) electrons. The molecule has 1 amide bonds. The first-order valence-electron chi connectivity index (χ1n) is 6.58. The summed E-state index contributed by atoms with van der Waals surface area (Å²) in [6.07, 6.45) is 0. The molecule has 0 saturated heterocycles. The van der Waals surface area contributed by atoms with E-state index in [4.69, 9.17) is 0 Å². The third kappa shape index (κ3) is 4.19. The summed E-state index contributed by atoms with van der Waals surface area (Å²) in [4.78, 5) is 18.5. The molecule has 1 aromatic rings. The number of carbonyl (C=O) groups excluding carboxylic acids is 1. The molecule has 1 atom stereocenters. The minimum absolute atomic E-state index is 0.0145. The van der Waals surface area contributed by atoms with Crippen molar-refractivity contribution >= 4 is 11.6 Å². The molecule has 104 valence electrons. The van der Waals surface area contributed by atoms with Crippen molar-refractivity contribution in [2.75, 3.05) is 14.1 Å². The molecule has 1 aromatic carbocycles. The molecule has 0 saturated carbocycles. The number of amides is 1. The zero-order valence-electron chi connectivity index (χ0n) is 12.8. The van der Waals surface area contributed by atoms with Gasteiger partial charge in [0.25, 0.3) is 5.91 Å². The Kier molecular flexibility index (Phi) is 4.87. The highest BCUT2D eigenvalue weighted by Gasteiger charge is 2.27. The van der Waals surface area contributed by atoms with Crippen LogP contribution in [0.1, 0.15) is 39.3 Å². The van der Waals surface area contributed by atoms with Crippen molar-refractivity contribution in [1.82, 2.24) is 4.90 Å². The van der Waals surface area contributed by atoms with Crippen LogP contribution in [-0.2, 0) is 4.79 Å². The number of nitrogens with zero attached hydrogens (tertiary/aromatic N) is 2. The second kappa shape index (κ2) is 6.00. The summed E-state index contributed by atoms with van der Waals surface area (Å²) in [6.45, 7) is 8.07. The summed E-state index contributed by atoms with van der Waals surface area (Å²) in [7, 11) is 3.52. The average molecular weight is 260 g/mol. The third-order valence-corrected chi connectivity index (χ3v) is 2.92. The fourth-order valence-electron chi connectivity index (χ4n) is 1.78. The van der Waals surface area contributed by atoms with Crippen molar-refractivity contribution in [3.63, 3.8) is 0 Å². The predicted molar refractivity (Wildman–Crippen MR) is 80.4 cm³/mol. The van der Waals surface area contributed by atoms with Gasteiger partial charge < -0.3 is 4.90 Å². The van der Waals surface area contributed by atoms with Crippen LogP contribution in [0.4, 0.5) is 0 Å². The van der Waals surface area contributed by atoms with Crippen LogP contribution in [0.3, 0.4) is 0 Å². The van der Waals surface area contributed by atoms with E-state index in [0.29, 0.717) is 5.71 Å². The van der Waals surface area contributed by atoms with Gasteiger partial charge in [0.05, 0.1) is 6.04 Å². The van der Waals surface area contributed by atoms with Crippen molar-refractivity contribution in [1.29, 1.82) is 0 Å². The van der Waals surface area contributed by atoms with E-state index < -0.39 is 0 Å². The Morgan fingerprint density at radius 2 is 1.68 bits per heavy atom. The minimum atomic E-state index is -0.260. The number of aliphatic imine (C=N–C) groups is 1. The minimum Gasteiger partial charge on any atom is -0.344 e. The number of benzene rings is 1. The van der Waals surface area contributed by atoms with Crippen LogP contribution in [0.5, 0.6) is 0 Å². The Balaban J connectivity index is 3.12. The van der Waals surface area contributed by atoms with Gasteiger partial charge in [0.1, 0.15) is 5.71 Å². The molecule has 0 N–H and O–H groups in total. The maximum Gasteiger partial charge on any atom is 0.267 e. The van der Waals surface area contributed by atoms with Gasteiger partial charge in [-0.3, -0.25) is 9.79 Å². The van der Waals surface area contributed by atoms with Crippen LogP contribution in [-0.4, -0.2) is 30.6 Å². The van der Waals surface area contributed by atoms with E-state index in [1.165, 1.54) is 0 Å². The van der Waals surface area contributed by atoms with Gasteiger partial charge in [0.15, 0.2) is 0 Å². The lowest BCUT2D eigenvalue weighted by atomic mass is 9.88. The lowest BCUT2D eigenvalue weighted by Crippen LogP contribution is -2.38. The van der Waals surface area contributed by atoms with Crippen LogP contribution >= 0.6 is 0 Å². The second-order valence-electron chi connectivity index (χ2n) is 6.01. The quantitative estimate of drug-likeness (QED) is 0.767. The molecule has 0 fully saturated rings. The number of carbonyl (C=O) groups is 1. The van der Waals surface area contributed by atoms with Gasteiger partial charge in [-0.15, -0.1) is 0 Å². The van der Waals surface area contributed by atoms with Crippen molar-refractivity contribution in [2.45, 2.75) is 33.7 Å². The summed E-state index contributed by atoms with van der Waals surface area (Å²) in [5, 5.41) is 0. The molecule has 0 bridgehead atoms. The van der Waals surface area contributed by atoms with Gasteiger partial charge in [-0.1, -0.05) is 51.1 Å². The highest BCUT2D eigenvalue weighted by Crippen LogP contribution is 2.23. The molecule has 0 aliphatic heterocycles. The standard InChI is InChI=1S/C16H24N2O/c1-12(13-10-8-7-9-11-13)17-14(16(2,3)4)15(19)18(5)6/h7-12H,1-6H3/t12-/m0/s1. The maximum atomic E-state index is 12.3. The molecule has 3 nitrogen and oxygen atoms in total. The normalized spacial score (nSPS) is 14.1. The lowest BCUT2D eigenvalue weighted by Gasteiger charge is -2.25. The van der Waals surface area contributed by atoms with Gasteiger partial charge >= 0.3 is 0 Å². The van der Waals surface area contributed by atoms with E-state index in [9.17, 15) is 4.79 Å². The second-order valence-corrected chi connectivity index (χ2v) is 6.01. The van der Waals surface area contributed by atoms with E-state index in [-0.39, 0.29) is 17.4 Å². The summed E-state index contributed by atoms with van der Waals surface area (Å²) < 4.78 is 0. The van der Waals surface area contributed by atoms with Gasteiger partial charge in [0, 0.05) is 19.5 Å². The highest BCUT2D eigenvalue weighted by atomic mass is 16.2. The molecular weight excluding hydrogens is 236 g/mol. The summed E-state index contributed by atoms with van der Waals surface area (Å²) in [6, 6.07) is 10.0. The highest BCUT2D eigenvalue weighted by molar-refractivity contribution is 6.40. The molecule has 0 spiro atoms. The van der Waals surface area contributed by atoms with Crippen LogP contribution in [0.25, 0.3) is 0 Å². The first kappa shape index (κ1) is 15.4. The molecule has 1 rings (SSSR count). The largest absolute Gasteiger partial charge is 0.344 e. The van der Waals surface area contributed by atoms with E-state index in [1.54, 1.807) is 19.0 Å². The third-order valence-electron chi connectivity index (χ3n) is 2.92. The van der Waals surface area contributed by atoms with Gasteiger partial charge in [-0.05, 0) is 12.5 Å². The predicted octanol–water partition coefficient (Wildman–Crippen LogP) is 3.32. The molecule has 0 unspecified atom stereocenters. The van der Waals surface area contributed by atoms with Crippen LogP contribution < -0.4 is 0 Å². The van der Waals surface area contributed by atoms with E-state index >= 15 is 0 Å². The van der Waals surface area contributed by atoms with Crippen LogP contribution in [0.15, 0.2) is 35.3 Å². The van der Waals surface area contributed by atoms with Crippen molar-refractivity contribution in [3.8, 4) is 0 Å². The zero-order valence-corrected chi connectivity index (χ0v) is 12.8. The topological polar surface area (TPSA) is 32.7 Å². The molecule has 0 aromatic heterocycles. The number of rotatable bonds is 3. The Morgan fingerprint density at radius 1 is 1.16 bits per heavy atom. The van der Waals surface area contributed by atoms with Crippen molar-refractivity contribution in [3.05, 3.63) is 35.9 Å². The Hall–Kier alpha value is -1.64. The summed E-state index contributed by atoms with van der Waals surface area (Å²) in [5.41, 5.74) is 1.48. The Morgan fingerprint density at radius 3 is 2.11 bits per heavy atom. The van der Waals surface area contributed by atoms with Gasteiger partial charge in [0.2, 0.25) is 0 Å². The van der Waals surface area contributed by atoms with Gasteiger partial charge in [-0.25, -0.2) is 0 Å². The average Bonchev–Trinajstić information content (AvgIpc) is 2.34. The lowest BCUT2D eigenvalue weighted by molar-refractivity contribution is -0.122. The molecule has 0 aliphatic carbocycles. The molecule has 3 heteroatoms. The first-order chi connectivity index (χ1) is 8.73. The van der Waals surface area contributed by atoms with E-state index in [1.807, 2.05) is 58.0 Å². The molecular formula is C16H24N2O.